The standard InChI is InChI=1S/C15H21BrN2O3/c1-10(2)11(3-4-14(19)20)5-8-18-15(21)12-6-7-17-13(16)9-12/h6-7,9-11H,3-5,8H2,1-2H3,(H,18,21)(H,19,20). The summed E-state index contributed by atoms with van der Waals surface area (Å²) >= 11 is 3.23. The number of carbonyl (C=O) groups excluding carboxylic acids is 1. The van der Waals surface area contributed by atoms with Gasteiger partial charge in [0.1, 0.15) is 4.60 Å². The molecular weight excluding hydrogens is 336 g/mol. The van der Waals surface area contributed by atoms with Gasteiger partial charge in [-0.3, -0.25) is 9.59 Å². The van der Waals surface area contributed by atoms with Gasteiger partial charge in [-0.05, 0) is 52.7 Å². The molecule has 0 aliphatic carbocycles. The third kappa shape index (κ3) is 6.71. The van der Waals surface area contributed by atoms with Crippen LogP contribution in [0.2, 0.25) is 0 Å². The number of halogens is 1. The lowest BCUT2D eigenvalue weighted by Gasteiger charge is -2.20. The van der Waals surface area contributed by atoms with E-state index in [9.17, 15) is 9.59 Å². The number of aromatic nitrogens is 1. The molecule has 0 aliphatic heterocycles. The zero-order chi connectivity index (χ0) is 15.8. The van der Waals surface area contributed by atoms with Crippen LogP contribution >= 0.6 is 15.9 Å². The highest BCUT2D eigenvalue weighted by Gasteiger charge is 2.15. The van der Waals surface area contributed by atoms with E-state index in [4.69, 9.17) is 5.11 Å². The maximum absolute atomic E-state index is 12.0. The summed E-state index contributed by atoms with van der Waals surface area (Å²) in [4.78, 5) is 26.6. The van der Waals surface area contributed by atoms with Gasteiger partial charge in [-0.1, -0.05) is 13.8 Å². The quantitative estimate of drug-likeness (QED) is 0.701. The second-order valence-corrected chi connectivity index (χ2v) is 6.16. The first-order valence-electron chi connectivity index (χ1n) is 7.01. The van der Waals surface area contributed by atoms with Gasteiger partial charge in [0, 0.05) is 24.7 Å². The highest BCUT2D eigenvalue weighted by Crippen LogP contribution is 2.20. The molecule has 2 N–H and O–H groups in total. The first kappa shape index (κ1) is 17.6. The van der Waals surface area contributed by atoms with Gasteiger partial charge >= 0.3 is 5.97 Å². The van der Waals surface area contributed by atoms with E-state index in [2.05, 4.69) is 40.1 Å². The molecule has 0 aromatic carbocycles. The SMILES string of the molecule is CC(C)C(CCNC(=O)c1ccnc(Br)c1)CCC(=O)O. The van der Waals surface area contributed by atoms with Crippen LogP contribution in [0.15, 0.2) is 22.9 Å². The Morgan fingerprint density at radius 1 is 1.38 bits per heavy atom. The number of nitrogens with zero attached hydrogens (tertiary/aromatic N) is 1. The fourth-order valence-corrected chi connectivity index (χ4v) is 2.50. The van der Waals surface area contributed by atoms with Crippen LogP contribution in [0.3, 0.4) is 0 Å². The summed E-state index contributed by atoms with van der Waals surface area (Å²) < 4.78 is 0.622. The van der Waals surface area contributed by atoms with Gasteiger partial charge in [-0.15, -0.1) is 0 Å². The molecule has 6 heteroatoms. The summed E-state index contributed by atoms with van der Waals surface area (Å²) in [7, 11) is 0. The van der Waals surface area contributed by atoms with E-state index >= 15 is 0 Å². The lowest BCUT2D eigenvalue weighted by Crippen LogP contribution is -2.27. The fraction of sp³-hybridized carbons (Fsp3) is 0.533. The van der Waals surface area contributed by atoms with Crippen molar-refractivity contribution in [3.05, 3.63) is 28.5 Å². The Morgan fingerprint density at radius 3 is 2.67 bits per heavy atom. The largest absolute Gasteiger partial charge is 0.481 e. The molecule has 0 radical (unpaired) electrons. The van der Waals surface area contributed by atoms with Crippen LogP contribution in [0.5, 0.6) is 0 Å². The van der Waals surface area contributed by atoms with E-state index in [1.54, 1.807) is 18.3 Å². The molecule has 0 saturated carbocycles. The summed E-state index contributed by atoms with van der Waals surface area (Å²) in [6.07, 6.45) is 3.17. The Bertz CT molecular complexity index is 492. The lowest BCUT2D eigenvalue weighted by molar-refractivity contribution is -0.137. The van der Waals surface area contributed by atoms with Crippen molar-refractivity contribution in [2.24, 2.45) is 11.8 Å². The molecule has 1 atom stereocenters. The highest BCUT2D eigenvalue weighted by atomic mass is 79.9. The van der Waals surface area contributed by atoms with Crippen molar-refractivity contribution in [2.45, 2.75) is 33.1 Å². The summed E-state index contributed by atoms with van der Waals surface area (Å²) in [5, 5.41) is 11.6. The Hall–Kier alpha value is -1.43. The molecule has 1 unspecified atom stereocenters. The van der Waals surface area contributed by atoms with Crippen LogP contribution < -0.4 is 5.32 Å². The lowest BCUT2D eigenvalue weighted by atomic mass is 9.88. The predicted octanol–water partition coefficient (Wildman–Crippen LogP) is 3.10. The minimum atomic E-state index is -0.772. The average Bonchev–Trinajstić information content (AvgIpc) is 2.41. The van der Waals surface area contributed by atoms with Gasteiger partial charge in [-0.2, -0.15) is 0 Å². The Balaban J connectivity index is 2.43. The van der Waals surface area contributed by atoms with Crippen LogP contribution in [-0.4, -0.2) is 28.5 Å². The normalized spacial score (nSPS) is 12.2. The Morgan fingerprint density at radius 2 is 2.10 bits per heavy atom. The van der Waals surface area contributed by atoms with E-state index in [0.717, 1.165) is 6.42 Å². The molecule has 21 heavy (non-hydrogen) atoms. The number of carboxylic acids is 1. The number of hydrogen-bond acceptors (Lipinski definition) is 3. The monoisotopic (exact) mass is 356 g/mol. The topological polar surface area (TPSA) is 79.3 Å². The minimum Gasteiger partial charge on any atom is -0.481 e. The van der Waals surface area contributed by atoms with Crippen LogP contribution in [0, 0.1) is 11.8 Å². The van der Waals surface area contributed by atoms with E-state index < -0.39 is 5.97 Å². The number of pyridine rings is 1. The number of carboxylic acid groups (broad SMARTS) is 1. The number of hydrogen-bond donors (Lipinski definition) is 2. The molecule has 0 aliphatic rings. The molecule has 1 aromatic rings. The van der Waals surface area contributed by atoms with Crippen molar-refractivity contribution < 1.29 is 14.7 Å². The molecule has 0 bridgehead atoms. The van der Waals surface area contributed by atoms with Crippen LogP contribution in [0.4, 0.5) is 0 Å². The molecule has 116 valence electrons. The van der Waals surface area contributed by atoms with E-state index in [1.165, 1.54) is 0 Å². The second kappa shape index (κ2) is 8.77. The van der Waals surface area contributed by atoms with Crippen molar-refractivity contribution in [3.63, 3.8) is 0 Å². The summed E-state index contributed by atoms with van der Waals surface area (Å²) in [6, 6.07) is 3.32. The van der Waals surface area contributed by atoms with Gasteiger partial charge in [0.2, 0.25) is 0 Å². The molecule has 0 spiro atoms. The third-order valence-corrected chi connectivity index (χ3v) is 3.89. The van der Waals surface area contributed by atoms with Gasteiger partial charge < -0.3 is 10.4 Å². The number of carbonyl (C=O) groups is 2. The van der Waals surface area contributed by atoms with E-state index in [1.807, 2.05) is 0 Å². The summed E-state index contributed by atoms with van der Waals surface area (Å²) in [6.45, 7) is 4.70. The van der Waals surface area contributed by atoms with Gasteiger partial charge in [0.25, 0.3) is 5.91 Å². The molecule has 1 aromatic heterocycles. The Labute approximate surface area is 133 Å². The number of amides is 1. The number of aliphatic carboxylic acids is 1. The smallest absolute Gasteiger partial charge is 0.303 e. The van der Waals surface area contributed by atoms with Crippen molar-refractivity contribution in [1.29, 1.82) is 0 Å². The molecular formula is C15H21BrN2O3. The van der Waals surface area contributed by atoms with E-state index in [0.29, 0.717) is 35.0 Å². The third-order valence-electron chi connectivity index (χ3n) is 3.46. The van der Waals surface area contributed by atoms with Crippen LogP contribution in [0.1, 0.15) is 43.5 Å². The first-order chi connectivity index (χ1) is 9.90. The predicted molar refractivity (Wildman–Crippen MR) is 84.1 cm³/mol. The average molecular weight is 357 g/mol. The molecule has 1 heterocycles. The zero-order valence-corrected chi connectivity index (χ0v) is 13.9. The first-order valence-corrected chi connectivity index (χ1v) is 7.81. The van der Waals surface area contributed by atoms with Crippen molar-refractivity contribution in [1.82, 2.24) is 10.3 Å². The fourth-order valence-electron chi connectivity index (χ4n) is 2.14. The summed E-state index contributed by atoms with van der Waals surface area (Å²) in [5.74, 6) is -0.216. The molecule has 0 fully saturated rings. The maximum atomic E-state index is 12.0. The maximum Gasteiger partial charge on any atom is 0.303 e. The molecule has 5 nitrogen and oxygen atoms in total. The van der Waals surface area contributed by atoms with Crippen molar-refractivity contribution >= 4 is 27.8 Å². The van der Waals surface area contributed by atoms with Gasteiger partial charge in [0.15, 0.2) is 0 Å². The van der Waals surface area contributed by atoms with E-state index in [-0.39, 0.29) is 12.3 Å². The van der Waals surface area contributed by atoms with Gasteiger partial charge in [0.05, 0.1) is 0 Å². The number of rotatable bonds is 8. The minimum absolute atomic E-state index is 0.140. The second-order valence-electron chi connectivity index (χ2n) is 5.35. The highest BCUT2D eigenvalue weighted by molar-refractivity contribution is 9.10. The van der Waals surface area contributed by atoms with Crippen molar-refractivity contribution in [2.75, 3.05) is 6.54 Å². The van der Waals surface area contributed by atoms with Crippen LogP contribution in [0.25, 0.3) is 0 Å². The van der Waals surface area contributed by atoms with Crippen molar-refractivity contribution in [3.8, 4) is 0 Å². The Kier molecular flexibility index (Phi) is 7.36. The summed E-state index contributed by atoms with van der Waals surface area (Å²) in [5.41, 5.74) is 0.559. The number of nitrogens with one attached hydrogen (secondary N) is 1. The molecule has 1 amide bonds. The molecule has 0 saturated heterocycles. The van der Waals surface area contributed by atoms with Crippen LogP contribution in [-0.2, 0) is 4.79 Å². The van der Waals surface area contributed by atoms with Gasteiger partial charge in [-0.25, -0.2) is 4.98 Å². The molecule has 1 rings (SSSR count). The zero-order valence-electron chi connectivity index (χ0n) is 12.3.